The maximum atomic E-state index is 12.6. The van der Waals surface area contributed by atoms with Crippen molar-refractivity contribution < 1.29 is 28.9 Å². The maximum Gasteiger partial charge on any atom is 0.303 e. The van der Waals surface area contributed by atoms with Crippen molar-refractivity contribution in [1.29, 1.82) is 0 Å². The molecule has 0 aromatic heterocycles. The smallest absolute Gasteiger partial charge is 0.303 e. The van der Waals surface area contributed by atoms with Gasteiger partial charge in [-0.2, -0.15) is 0 Å². The van der Waals surface area contributed by atoms with Gasteiger partial charge in [-0.25, -0.2) is 0 Å². The molecular weight excluding hydrogens is 386 g/mol. The van der Waals surface area contributed by atoms with E-state index >= 15 is 0 Å². The third-order valence-electron chi connectivity index (χ3n) is 4.50. The van der Waals surface area contributed by atoms with Crippen LogP contribution in [0.4, 0.5) is 5.69 Å². The molecule has 2 aromatic carbocycles. The lowest BCUT2D eigenvalue weighted by molar-refractivity contribution is -0.137. The van der Waals surface area contributed by atoms with Crippen LogP contribution in [0.1, 0.15) is 37.3 Å². The Labute approximate surface area is 177 Å². The number of ether oxygens (including phenoxy) is 3. The summed E-state index contributed by atoms with van der Waals surface area (Å²) < 4.78 is 16.3. The topological polar surface area (TPSA) is 94.1 Å². The van der Waals surface area contributed by atoms with Crippen LogP contribution in [0.15, 0.2) is 36.4 Å². The molecule has 0 unspecified atom stereocenters. The van der Waals surface area contributed by atoms with E-state index in [1.807, 2.05) is 31.2 Å². The number of carboxylic acids is 1. The fourth-order valence-corrected chi connectivity index (χ4v) is 2.93. The fourth-order valence-electron chi connectivity index (χ4n) is 2.93. The van der Waals surface area contributed by atoms with E-state index in [1.165, 1.54) is 0 Å². The molecule has 0 aliphatic rings. The standard InChI is InChI=1S/C23H29NO6/c1-4-13-30-19-9-5-16(8-12-23(26)27)14-18(19)24-22(25)11-7-17-6-10-20(28-2)21(15-17)29-3/h5-6,9-10,14-15H,4,7-8,11-13H2,1-3H3,(H,24,25)(H,26,27). The molecule has 0 aliphatic carbocycles. The second-order valence-electron chi connectivity index (χ2n) is 6.81. The third-order valence-corrected chi connectivity index (χ3v) is 4.50. The molecule has 0 atom stereocenters. The highest BCUT2D eigenvalue weighted by atomic mass is 16.5. The van der Waals surface area contributed by atoms with Crippen LogP contribution in [0.2, 0.25) is 0 Å². The normalized spacial score (nSPS) is 10.4. The highest BCUT2D eigenvalue weighted by Crippen LogP contribution is 2.29. The summed E-state index contributed by atoms with van der Waals surface area (Å²) in [6.45, 7) is 2.53. The van der Waals surface area contributed by atoms with Crippen molar-refractivity contribution in [2.45, 2.75) is 39.0 Å². The van der Waals surface area contributed by atoms with Gasteiger partial charge in [0.15, 0.2) is 11.5 Å². The molecule has 2 aromatic rings. The number of methoxy groups -OCH3 is 2. The van der Waals surface area contributed by atoms with Crippen molar-refractivity contribution in [2.75, 3.05) is 26.1 Å². The minimum Gasteiger partial charge on any atom is -0.493 e. The molecule has 162 valence electrons. The van der Waals surface area contributed by atoms with Gasteiger partial charge in [0.25, 0.3) is 0 Å². The van der Waals surface area contributed by atoms with Crippen molar-refractivity contribution >= 4 is 17.6 Å². The second-order valence-corrected chi connectivity index (χ2v) is 6.81. The van der Waals surface area contributed by atoms with Crippen LogP contribution in [0.3, 0.4) is 0 Å². The van der Waals surface area contributed by atoms with Crippen molar-refractivity contribution in [1.82, 2.24) is 0 Å². The molecule has 0 radical (unpaired) electrons. The summed E-state index contributed by atoms with van der Waals surface area (Å²) in [7, 11) is 3.15. The van der Waals surface area contributed by atoms with Crippen LogP contribution < -0.4 is 19.5 Å². The monoisotopic (exact) mass is 415 g/mol. The van der Waals surface area contributed by atoms with E-state index in [-0.39, 0.29) is 18.7 Å². The number of hydrogen-bond acceptors (Lipinski definition) is 5. The van der Waals surface area contributed by atoms with Crippen LogP contribution in [0.25, 0.3) is 0 Å². The summed E-state index contributed by atoms with van der Waals surface area (Å²) in [5, 5.41) is 11.8. The number of aryl methyl sites for hydroxylation is 2. The van der Waals surface area contributed by atoms with E-state index in [1.54, 1.807) is 26.4 Å². The van der Waals surface area contributed by atoms with Gasteiger partial charge in [0.2, 0.25) is 5.91 Å². The first-order valence-electron chi connectivity index (χ1n) is 9.95. The highest BCUT2D eigenvalue weighted by molar-refractivity contribution is 5.92. The zero-order chi connectivity index (χ0) is 21.9. The summed E-state index contributed by atoms with van der Waals surface area (Å²) in [5.74, 6) is 0.831. The molecule has 0 fully saturated rings. The number of hydrogen-bond donors (Lipinski definition) is 2. The Kier molecular flexibility index (Phi) is 9.00. The van der Waals surface area contributed by atoms with Crippen molar-refractivity contribution in [3.8, 4) is 17.2 Å². The largest absolute Gasteiger partial charge is 0.493 e. The van der Waals surface area contributed by atoms with Gasteiger partial charge in [0.05, 0.1) is 26.5 Å². The Hall–Kier alpha value is -3.22. The Balaban J connectivity index is 2.06. The van der Waals surface area contributed by atoms with Gasteiger partial charge in [-0.3, -0.25) is 9.59 Å². The van der Waals surface area contributed by atoms with Crippen LogP contribution in [-0.4, -0.2) is 37.8 Å². The lowest BCUT2D eigenvalue weighted by Crippen LogP contribution is -2.14. The molecule has 2 N–H and O–H groups in total. The number of rotatable bonds is 12. The van der Waals surface area contributed by atoms with E-state index < -0.39 is 5.97 Å². The molecule has 0 bridgehead atoms. The van der Waals surface area contributed by atoms with Crippen molar-refractivity contribution in [2.24, 2.45) is 0 Å². The maximum absolute atomic E-state index is 12.6. The van der Waals surface area contributed by atoms with E-state index in [0.29, 0.717) is 42.4 Å². The van der Waals surface area contributed by atoms with Gasteiger partial charge in [0, 0.05) is 12.8 Å². The van der Waals surface area contributed by atoms with Gasteiger partial charge >= 0.3 is 5.97 Å². The molecule has 0 saturated heterocycles. The molecular formula is C23H29NO6. The van der Waals surface area contributed by atoms with Crippen LogP contribution in [-0.2, 0) is 22.4 Å². The first kappa shape index (κ1) is 23.1. The van der Waals surface area contributed by atoms with Crippen LogP contribution in [0.5, 0.6) is 17.2 Å². The Bertz CT molecular complexity index is 865. The second kappa shape index (κ2) is 11.7. The van der Waals surface area contributed by atoms with E-state index in [4.69, 9.17) is 19.3 Å². The van der Waals surface area contributed by atoms with Gasteiger partial charge in [-0.15, -0.1) is 0 Å². The number of nitrogens with one attached hydrogen (secondary N) is 1. The Morgan fingerprint density at radius 3 is 2.17 bits per heavy atom. The van der Waals surface area contributed by atoms with E-state index in [2.05, 4.69) is 5.32 Å². The molecule has 1 amide bonds. The molecule has 0 saturated carbocycles. The van der Waals surface area contributed by atoms with Gasteiger partial charge in [0.1, 0.15) is 5.75 Å². The number of carbonyl (C=O) groups excluding carboxylic acids is 1. The summed E-state index contributed by atoms with van der Waals surface area (Å²) in [5.41, 5.74) is 2.35. The van der Waals surface area contributed by atoms with Crippen molar-refractivity contribution in [3.05, 3.63) is 47.5 Å². The van der Waals surface area contributed by atoms with Crippen LogP contribution >= 0.6 is 0 Å². The molecule has 0 aliphatic heterocycles. The molecule has 7 nitrogen and oxygen atoms in total. The number of aliphatic carboxylic acids is 1. The van der Waals surface area contributed by atoms with Gasteiger partial charge < -0.3 is 24.6 Å². The minimum atomic E-state index is -0.859. The zero-order valence-electron chi connectivity index (χ0n) is 17.7. The average Bonchev–Trinajstić information content (AvgIpc) is 2.75. The summed E-state index contributed by atoms with van der Waals surface area (Å²) >= 11 is 0. The highest BCUT2D eigenvalue weighted by Gasteiger charge is 2.12. The number of amides is 1. The van der Waals surface area contributed by atoms with E-state index in [9.17, 15) is 9.59 Å². The SMILES string of the molecule is CCCOc1ccc(CCC(=O)O)cc1NC(=O)CCc1ccc(OC)c(OC)c1. The summed E-state index contributed by atoms with van der Waals surface area (Å²) in [4.78, 5) is 23.4. The predicted octanol–water partition coefficient (Wildman–Crippen LogP) is 4.08. The number of carboxylic acid groups (broad SMARTS) is 1. The molecule has 7 heteroatoms. The third kappa shape index (κ3) is 6.99. The fraction of sp³-hybridized carbons (Fsp3) is 0.391. The van der Waals surface area contributed by atoms with Gasteiger partial charge in [-0.05, 0) is 54.7 Å². The molecule has 0 heterocycles. The van der Waals surface area contributed by atoms with E-state index in [0.717, 1.165) is 17.5 Å². The van der Waals surface area contributed by atoms with Crippen LogP contribution in [0, 0.1) is 0 Å². The first-order valence-corrected chi connectivity index (χ1v) is 9.95. The molecule has 2 rings (SSSR count). The summed E-state index contributed by atoms with van der Waals surface area (Å²) in [6.07, 6.45) is 2.07. The summed E-state index contributed by atoms with van der Waals surface area (Å²) in [6, 6.07) is 11.0. The Morgan fingerprint density at radius 2 is 1.53 bits per heavy atom. The van der Waals surface area contributed by atoms with Gasteiger partial charge in [-0.1, -0.05) is 19.1 Å². The molecule has 0 spiro atoms. The predicted molar refractivity (Wildman–Crippen MR) is 115 cm³/mol. The molecule has 30 heavy (non-hydrogen) atoms. The lowest BCUT2D eigenvalue weighted by atomic mass is 10.1. The zero-order valence-corrected chi connectivity index (χ0v) is 17.7. The lowest BCUT2D eigenvalue weighted by Gasteiger charge is -2.14. The minimum absolute atomic E-state index is 0.0296. The van der Waals surface area contributed by atoms with Crippen molar-refractivity contribution in [3.63, 3.8) is 0 Å². The Morgan fingerprint density at radius 1 is 0.900 bits per heavy atom. The number of benzene rings is 2. The number of carbonyl (C=O) groups is 2. The quantitative estimate of drug-likeness (QED) is 0.542. The average molecular weight is 415 g/mol. The number of anilines is 1. The first-order chi connectivity index (χ1) is 14.5.